The number of carbonyl (C=O) groups excluding carboxylic acids is 1. The van der Waals surface area contributed by atoms with Crippen LogP contribution in [-0.2, 0) is 26.2 Å². The number of fused-ring (bicyclic) bond motifs is 1. The Morgan fingerprint density at radius 3 is 2.44 bits per heavy atom. The number of carboxylic acids is 1. The first kappa shape index (κ1) is 32.4. The predicted molar refractivity (Wildman–Crippen MR) is 159 cm³/mol. The Kier molecular flexibility index (Phi) is 9.83. The quantitative estimate of drug-likeness (QED) is 0.233. The second-order valence-corrected chi connectivity index (χ2v) is 14.2. The molecule has 4 aromatic rings. The maximum Gasteiger partial charge on any atom is 0.490 e. The number of carboxylic acid groups (broad SMARTS) is 1. The maximum atomic E-state index is 13.5. The molecule has 1 amide bonds. The fourth-order valence-electron chi connectivity index (χ4n) is 4.73. The van der Waals surface area contributed by atoms with E-state index in [2.05, 4.69) is 14.9 Å². The molecule has 1 aromatic carbocycles. The molecule has 0 atom stereocenters. The molecule has 4 N–H and O–H groups in total. The number of H-pyrrole nitrogens is 1. The van der Waals surface area contributed by atoms with Crippen molar-refractivity contribution < 1.29 is 36.3 Å². The van der Waals surface area contributed by atoms with Gasteiger partial charge in [0.1, 0.15) is 9.22 Å². The lowest BCUT2D eigenvalue weighted by atomic mass is 9.96. The van der Waals surface area contributed by atoms with Crippen LogP contribution in [0.1, 0.15) is 31.6 Å². The van der Waals surface area contributed by atoms with Crippen LogP contribution in [0.15, 0.2) is 52.2 Å². The Hall–Kier alpha value is -3.47. The molecule has 0 saturated carbocycles. The number of rotatable bonds is 8. The molecule has 1 fully saturated rings. The first-order valence-electron chi connectivity index (χ1n) is 13.1. The number of aliphatic carboxylic acids is 1. The van der Waals surface area contributed by atoms with E-state index in [1.807, 2.05) is 44.3 Å². The van der Waals surface area contributed by atoms with Crippen molar-refractivity contribution in [3.8, 4) is 10.7 Å². The number of alkyl halides is 3. The Bertz CT molecular complexity index is 1680. The number of para-hydroxylation sites is 1. The van der Waals surface area contributed by atoms with Crippen LogP contribution in [0.2, 0.25) is 0 Å². The van der Waals surface area contributed by atoms with Crippen LogP contribution < -0.4 is 10.0 Å². The van der Waals surface area contributed by atoms with E-state index in [-0.39, 0.29) is 17.9 Å². The van der Waals surface area contributed by atoms with Crippen LogP contribution in [-0.4, -0.2) is 65.6 Å². The second kappa shape index (κ2) is 13.0. The molecule has 1 saturated heterocycles. The molecule has 4 heterocycles. The van der Waals surface area contributed by atoms with Crippen LogP contribution in [0.4, 0.5) is 18.9 Å². The Morgan fingerprint density at radius 1 is 1.21 bits per heavy atom. The van der Waals surface area contributed by atoms with Gasteiger partial charge in [0.2, 0.25) is 5.91 Å². The fraction of sp³-hybridized carbons (Fsp3) is 0.370. The fourth-order valence-corrected chi connectivity index (χ4v) is 8.41. The topological polar surface area (TPSA) is 150 Å². The van der Waals surface area contributed by atoms with Gasteiger partial charge >= 0.3 is 12.1 Å². The SMILES string of the molecule is CC(C)N(c1cccc2cc(-c3ncc(CN4CCC(C(N)=O)CC4)s3)[nH]c12)S(=O)(=O)c1cccs1.O=C(O)C(F)(F)F. The number of amides is 1. The monoisotopic (exact) mass is 657 g/mol. The normalized spacial score (nSPS) is 14.9. The third-order valence-electron chi connectivity index (χ3n) is 6.74. The summed E-state index contributed by atoms with van der Waals surface area (Å²) in [6.45, 7) is 6.25. The number of hydrogen-bond acceptors (Lipinski definition) is 8. The number of primary amides is 1. The minimum atomic E-state index is -5.08. The molecule has 0 aliphatic carbocycles. The second-order valence-electron chi connectivity index (χ2n) is 10.1. The first-order valence-corrected chi connectivity index (χ1v) is 16.3. The lowest BCUT2D eigenvalue weighted by Crippen LogP contribution is -2.37. The number of carbonyl (C=O) groups is 2. The number of nitrogens with zero attached hydrogens (tertiary/aromatic N) is 3. The highest BCUT2D eigenvalue weighted by Gasteiger charge is 2.38. The Labute approximate surface area is 254 Å². The van der Waals surface area contributed by atoms with Crippen LogP contribution in [0.3, 0.4) is 0 Å². The van der Waals surface area contributed by atoms with Crippen molar-refractivity contribution in [3.05, 3.63) is 52.9 Å². The number of halogens is 3. The number of thiophene rings is 1. The Morgan fingerprint density at radius 2 is 1.88 bits per heavy atom. The number of nitrogens with two attached hydrogens (primary N) is 1. The van der Waals surface area contributed by atoms with Crippen molar-refractivity contribution in [1.82, 2.24) is 14.9 Å². The summed E-state index contributed by atoms with van der Waals surface area (Å²) in [4.78, 5) is 31.9. The number of aromatic nitrogens is 2. The van der Waals surface area contributed by atoms with Gasteiger partial charge < -0.3 is 15.8 Å². The summed E-state index contributed by atoms with van der Waals surface area (Å²) in [5, 5.41) is 10.7. The smallest absolute Gasteiger partial charge is 0.475 e. The number of benzene rings is 1. The van der Waals surface area contributed by atoms with Gasteiger partial charge in [0.15, 0.2) is 0 Å². The molecular weight excluding hydrogens is 628 g/mol. The summed E-state index contributed by atoms with van der Waals surface area (Å²) < 4.78 is 60.5. The number of hydrogen-bond donors (Lipinski definition) is 3. The van der Waals surface area contributed by atoms with Crippen molar-refractivity contribution in [2.75, 3.05) is 17.4 Å². The minimum absolute atomic E-state index is 0.0205. The zero-order valence-corrected chi connectivity index (χ0v) is 25.6. The van der Waals surface area contributed by atoms with Gasteiger partial charge in [-0.05, 0) is 63.4 Å². The van der Waals surface area contributed by atoms with Gasteiger partial charge in [-0.2, -0.15) is 13.2 Å². The molecule has 0 unspecified atom stereocenters. The van der Waals surface area contributed by atoms with Crippen molar-refractivity contribution in [2.24, 2.45) is 11.7 Å². The highest BCUT2D eigenvalue weighted by atomic mass is 32.2. The highest BCUT2D eigenvalue weighted by Crippen LogP contribution is 2.36. The molecule has 1 aliphatic heterocycles. The van der Waals surface area contributed by atoms with Crippen molar-refractivity contribution in [3.63, 3.8) is 0 Å². The van der Waals surface area contributed by atoms with Gasteiger partial charge in [-0.15, -0.1) is 22.7 Å². The van der Waals surface area contributed by atoms with Crippen LogP contribution in [0.5, 0.6) is 0 Å². The number of thiazole rings is 1. The summed E-state index contributed by atoms with van der Waals surface area (Å²) in [5.74, 6) is -2.98. The van der Waals surface area contributed by atoms with Crippen LogP contribution in [0, 0.1) is 5.92 Å². The molecule has 3 aromatic heterocycles. The lowest BCUT2D eigenvalue weighted by Gasteiger charge is -2.29. The summed E-state index contributed by atoms with van der Waals surface area (Å²) in [6.07, 6.45) is -1.59. The number of piperidine rings is 1. The van der Waals surface area contributed by atoms with Gasteiger partial charge in [-0.1, -0.05) is 18.2 Å². The summed E-state index contributed by atoms with van der Waals surface area (Å²) in [6, 6.07) is 10.9. The number of sulfonamides is 1. The maximum absolute atomic E-state index is 13.5. The van der Waals surface area contributed by atoms with E-state index in [0.29, 0.717) is 9.90 Å². The van der Waals surface area contributed by atoms with Crippen molar-refractivity contribution >= 4 is 61.2 Å². The average Bonchev–Trinajstić information content (AvgIpc) is 3.70. The van der Waals surface area contributed by atoms with Gasteiger partial charge in [-0.25, -0.2) is 18.2 Å². The summed E-state index contributed by atoms with van der Waals surface area (Å²) in [5.41, 5.74) is 7.71. The van der Waals surface area contributed by atoms with E-state index in [1.165, 1.54) is 15.6 Å². The number of likely N-dealkylation sites (tertiary alicyclic amines) is 1. The number of anilines is 1. The van der Waals surface area contributed by atoms with Gasteiger partial charge in [-0.3, -0.25) is 14.0 Å². The lowest BCUT2D eigenvalue weighted by molar-refractivity contribution is -0.192. The molecular formula is C27H30F3N5O5S3. The molecule has 232 valence electrons. The van der Waals surface area contributed by atoms with E-state index in [4.69, 9.17) is 15.6 Å². The molecule has 16 heteroatoms. The van der Waals surface area contributed by atoms with Crippen LogP contribution >= 0.6 is 22.7 Å². The van der Waals surface area contributed by atoms with E-state index >= 15 is 0 Å². The average molecular weight is 658 g/mol. The molecule has 0 radical (unpaired) electrons. The first-order chi connectivity index (χ1) is 20.2. The van der Waals surface area contributed by atoms with E-state index in [0.717, 1.165) is 59.0 Å². The summed E-state index contributed by atoms with van der Waals surface area (Å²) >= 11 is 2.84. The third-order valence-corrected chi connectivity index (χ3v) is 11.1. The molecule has 43 heavy (non-hydrogen) atoms. The largest absolute Gasteiger partial charge is 0.490 e. The van der Waals surface area contributed by atoms with Gasteiger partial charge in [0, 0.05) is 35.0 Å². The van der Waals surface area contributed by atoms with Gasteiger partial charge in [0.25, 0.3) is 10.0 Å². The zero-order valence-electron chi connectivity index (χ0n) is 23.2. The molecule has 10 nitrogen and oxygen atoms in total. The highest BCUT2D eigenvalue weighted by molar-refractivity contribution is 7.94. The molecule has 1 aliphatic rings. The van der Waals surface area contributed by atoms with E-state index in [1.54, 1.807) is 28.8 Å². The predicted octanol–water partition coefficient (Wildman–Crippen LogP) is 5.29. The number of aromatic amines is 1. The summed E-state index contributed by atoms with van der Waals surface area (Å²) in [7, 11) is -3.69. The Balaban J connectivity index is 0.000000541. The van der Waals surface area contributed by atoms with Crippen molar-refractivity contribution in [1.29, 1.82) is 0 Å². The van der Waals surface area contributed by atoms with Crippen molar-refractivity contribution in [2.45, 2.75) is 49.7 Å². The molecule has 0 bridgehead atoms. The molecule has 0 spiro atoms. The third kappa shape index (κ3) is 7.55. The van der Waals surface area contributed by atoms with Crippen LogP contribution in [0.25, 0.3) is 21.6 Å². The van der Waals surface area contributed by atoms with E-state index in [9.17, 15) is 26.4 Å². The minimum Gasteiger partial charge on any atom is -0.475 e. The van der Waals surface area contributed by atoms with E-state index < -0.39 is 22.2 Å². The van der Waals surface area contributed by atoms with Gasteiger partial charge in [0.05, 0.1) is 16.9 Å². The number of nitrogens with one attached hydrogen (secondary N) is 1. The standard InChI is InChI=1S/C25H29N5O3S3.C2HF3O2/c1-16(2)30(36(32,33)22-7-4-12-34-22)21-6-3-5-18-13-20(28-23(18)21)25-27-14-19(35-25)15-29-10-8-17(9-11-29)24(26)31;3-2(4,5)1(6)7/h3-7,12-14,16-17,28H,8-11,15H2,1-2H3,(H2,26,31);(H,6,7). The molecule has 5 rings (SSSR count). The zero-order chi connectivity index (χ0) is 31.5.